The van der Waals surface area contributed by atoms with E-state index in [4.69, 9.17) is 9.47 Å². The van der Waals surface area contributed by atoms with Crippen LogP contribution in [0.2, 0.25) is 0 Å². The van der Waals surface area contributed by atoms with Gasteiger partial charge in [-0.15, -0.1) is 0 Å². The van der Waals surface area contributed by atoms with Gasteiger partial charge >= 0.3 is 0 Å². The molecule has 0 spiro atoms. The summed E-state index contributed by atoms with van der Waals surface area (Å²) in [4.78, 5) is 15.2. The quantitative estimate of drug-likeness (QED) is 0.728. The van der Waals surface area contributed by atoms with E-state index in [0.717, 1.165) is 29.9 Å². The van der Waals surface area contributed by atoms with E-state index >= 15 is 0 Å². The van der Waals surface area contributed by atoms with Crippen molar-refractivity contribution in [2.45, 2.75) is 30.7 Å². The second kappa shape index (κ2) is 8.16. The highest BCUT2D eigenvalue weighted by molar-refractivity contribution is 7.89. The summed E-state index contributed by atoms with van der Waals surface area (Å²) in [6.07, 6.45) is 2.01. The molecule has 2 fully saturated rings. The second-order valence-electron chi connectivity index (χ2n) is 8.48. The Morgan fingerprint density at radius 3 is 2.55 bits per heavy atom. The number of hydrogen-bond acceptors (Lipinski definition) is 5. The third-order valence-electron chi connectivity index (χ3n) is 6.60. The maximum absolute atomic E-state index is 13.0. The lowest BCUT2D eigenvalue weighted by Crippen LogP contribution is -2.43. The van der Waals surface area contributed by atoms with Crippen molar-refractivity contribution in [3.05, 3.63) is 54.1 Å². The van der Waals surface area contributed by atoms with Gasteiger partial charge in [0.05, 0.1) is 4.90 Å². The van der Waals surface area contributed by atoms with Crippen molar-refractivity contribution in [1.29, 1.82) is 0 Å². The van der Waals surface area contributed by atoms with Gasteiger partial charge in [-0.05, 0) is 54.5 Å². The van der Waals surface area contributed by atoms with Crippen LogP contribution in [0.25, 0.3) is 0 Å². The summed E-state index contributed by atoms with van der Waals surface area (Å²) in [7, 11) is -3.50. The van der Waals surface area contributed by atoms with Gasteiger partial charge in [0.25, 0.3) is 0 Å². The van der Waals surface area contributed by atoms with Crippen molar-refractivity contribution < 1.29 is 22.7 Å². The highest BCUT2D eigenvalue weighted by atomic mass is 32.2. The van der Waals surface area contributed by atoms with Gasteiger partial charge in [0.1, 0.15) is 0 Å². The molecule has 0 N–H and O–H groups in total. The summed E-state index contributed by atoms with van der Waals surface area (Å²) < 4.78 is 38.5. The fraction of sp³-hybridized carbons (Fsp3) is 0.435. The Morgan fingerprint density at radius 1 is 0.935 bits per heavy atom. The van der Waals surface area contributed by atoms with E-state index in [1.165, 1.54) is 0 Å². The van der Waals surface area contributed by atoms with E-state index in [-0.39, 0.29) is 24.5 Å². The number of carbonyl (C=O) groups excluding carboxylic acids is 1. The molecule has 0 aliphatic carbocycles. The van der Waals surface area contributed by atoms with Gasteiger partial charge in [-0.3, -0.25) is 4.79 Å². The Labute approximate surface area is 182 Å². The standard InChI is InChI=1S/C23H26N2O5S/c26-23-13-18-9-11-25(31(27,28)20-4-2-1-3-5-20)15-19(18)8-10-24(23)14-17-6-7-21-22(12-17)30-16-29-21/h1-7,12,18-19H,8-11,13-16H2/t18-,19-/m0/s1. The molecule has 8 heteroatoms. The minimum Gasteiger partial charge on any atom is -0.454 e. The molecular weight excluding hydrogens is 416 g/mol. The number of amides is 1. The molecule has 7 nitrogen and oxygen atoms in total. The fourth-order valence-corrected chi connectivity index (χ4v) is 6.36. The molecule has 0 unspecified atom stereocenters. The molecule has 1 amide bonds. The number of benzene rings is 2. The van der Waals surface area contributed by atoms with Gasteiger partial charge in [-0.1, -0.05) is 24.3 Å². The highest BCUT2D eigenvalue weighted by Crippen LogP contribution is 2.36. The van der Waals surface area contributed by atoms with Gasteiger partial charge < -0.3 is 14.4 Å². The van der Waals surface area contributed by atoms with E-state index in [1.54, 1.807) is 28.6 Å². The first kappa shape index (κ1) is 20.3. The number of sulfonamides is 1. The second-order valence-corrected chi connectivity index (χ2v) is 10.4. The van der Waals surface area contributed by atoms with E-state index in [0.29, 0.717) is 37.5 Å². The molecule has 164 valence electrons. The summed E-state index contributed by atoms with van der Waals surface area (Å²) in [5.41, 5.74) is 1.01. The third-order valence-corrected chi connectivity index (χ3v) is 8.48. The largest absolute Gasteiger partial charge is 0.454 e. The normalized spacial score (nSPS) is 24.0. The van der Waals surface area contributed by atoms with Crippen molar-refractivity contribution in [3.8, 4) is 11.5 Å². The van der Waals surface area contributed by atoms with Crippen LogP contribution < -0.4 is 9.47 Å². The molecule has 2 atom stereocenters. The number of fused-ring (bicyclic) bond motifs is 2. The maximum Gasteiger partial charge on any atom is 0.243 e. The van der Waals surface area contributed by atoms with Crippen molar-refractivity contribution in [2.24, 2.45) is 11.8 Å². The molecule has 2 saturated heterocycles. The first-order chi connectivity index (χ1) is 15.0. The highest BCUT2D eigenvalue weighted by Gasteiger charge is 2.38. The lowest BCUT2D eigenvalue weighted by molar-refractivity contribution is -0.132. The van der Waals surface area contributed by atoms with Crippen molar-refractivity contribution in [1.82, 2.24) is 9.21 Å². The molecule has 0 aromatic heterocycles. The summed E-state index contributed by atoms with van der Waals surface area (Å²) in [5, 5.41) is 0. The Morgan fingerprint density at radius 2 is 1.71 bits per heavy atom. The molecule has 3 heterocycles. The summed E-state index contributed by atoms with van der Waals surface area (Å²) in [6.45, 7) is 2.34. The first-order valence-corrected chi connectivity index (χ1v) is 12.2. The lowest BCUT2D eigenvalue weighted by atomic mass is 9.83. The molecule has 31 heavy (non-hydrogen) atoms. The Hall–Kier alpha value is -2.58. The molecule has 2 aromatic rings. The summed E-state index contributed by atoms with van der Waals surface area (Å²) in [5.74, 6) is 2.02. The van der Waals surface area contributed by atoms with Gasteiger partial charge in [-0.2, -0.15) is 4.31 Å². The van der Waals surface area contributed by atoms with Crippen LogP contribution in [0, 0.1) is 11.8 Å². The fourth-order valence-electron chi connectivity index (χ4n) is 4.83. The van der Waals surface area contributed by atoms with Crippen LogP contribution in [0.5, 0.6) is 11.5 Å². The number of likely N-dealkylation sites (tertiary alicyclic amines) is 1. The van der Waals surface area contributed by atoms with Crippen LogP contribution in [0.3, 0.4) is 0 Å². The first-order valence-electron chi connectivity index (χ1n) is 10.7. The Bertz CT molecular complexity index is 1070. The summed E-state index contributed by atoms with van der Waals surface area (Å²) >= 11 is 0. The minimum atomic E-state index is -3.50. The van der Waals surface area contributed by atoms with Gasteiger partial charge in [0.2, 0.25) is 22.7 Å². The van der Waals surface area contributed by atoms with Gasteiger partial charge in [0.15, 0.2) is 11.5 Å². The monoisotopic (exact) mass is 442 g/mol. The van der Waals surface area contributed by atoms with Crippen LogP contribution in [0.4, 0.5) is 0 Å². The average molecular weight is 443 g/mol. The minimum absolute atomic E-state index is 0.143. The van der Waals surface area contributed by atoms with Crippen LogP contribution in [0.1, 0.15) is 24.8 Å². The molecule has 3 aliphatic heterocycles. The van der Waals surface area contributed by atoms with Crippen molar-refractivity contribution in [3.63, 3.8) is 0 Å². The third kappa shape index (κ3) is 4.02. The number of carbonyl (C=O) groups is 1. The maximum atomic E-state index is 13.0. The number of rotatable bonds is 4. The molecule has 0 saturated carbocycles. The SMILES string of the molecule is O=C1C[C@@H]2CCN(S(=O)(=O)c3ccccc3)C[C@@H]2CCN1Cc1ccc2c(c1)OCO2. The molecule has 3 aliphatic rings. The van der Waals surface area contributed by atoms with Crippen LogP contribution in [-0.4, -0.2) is 50.0 Å². The molecular formula is C23H26N2O5S. The Kier molecular flexibility index (Phi) is 5.35. The van der Waals surface area contributed by atoms with Crippen molar-refractivity contribution in [2.75, 3.05) is 26.4 Å². The smallest absolute Gasteiger partial charge is 0.243 e. The average Bonchev–Trinajstić information content (AvgIpc) is 3.19. The molecule has 5 rings (SSSR count). The lowest BCUT2D eigenvalue weighted by Gasteiger charge is -2.36. The van der Waals surface area contributed by atoms with Crippen molar-refractivity contribution >= 4 is 15.9 Å². The summed E-state index contributed by atoms with van der Waals surface area (Å²) in [6, 6.07) is 14.4. The number of ether oxygens (including phenoxy) is 2. The predicted octanol–water partition coefficient (Wildman–Crippen LogP) is 2.86. The zero-order chi connectivity index (χ0) is 21.4. The molecule has 0 radical (unpaired) electrons. The zero-order valence-corrected chi connectivity index (χ0v) is 18.1. The van der Waals surface area contributed by atoms with E-state index in [2.05, 4.69) is 0 Å². The predicted molar refractivity (Wildman–Crippen MR) is 114 cm³/mol. The molecule has 2 aromatic carbocycles. The Balaban J connectivity index is 1.27. The van der Waals surface area contributed by atoms with Crippen LogP contribution in [0.15, 0.2) is 53.4 Å². The van der Waals surface area contributed by atoms with Crippen LogP contribution in [-0.2, 0) is 21.4 Å². The zero-order valence-electron chi connectivity index (χ0n) is 17.3. The topological polar surface area (TPSA) is 76.2 Å². The molecule has 0 bridgehead atoms. The number of piperidine rings is 1. The van der Waals surface area contributed by atoms with E-state index < -0.39 is 10.0 Å². The number of hydrogen-bond donors (Lipinski definition) is 0. The number of nitrogens with zero attached hydrogens (tertiary/aromatic N) is 2. The van der Waals surface area contributed by atoms with Crippen LogP contribution >= 0.6 is 0 Å². The van der Waals surface area contributed by atoms with Gasteiger partial charge in [-0.25, -0.2) is 8.42 Å². The van der Waals surface area contributed by atoms with E-state index in [9.17, 15) is 13.2 Å². The van der Waals surface area contributed by atoms with E-state index in [1.807, 2.05) is 29.2 Å². The van der Waals surface area contributed by atoms with Gasteiger partial charge in [0, 0.05) is 32.6 Å².